The van der Waals surface area contributed by atoms with Gasteiger partial charge in [-0.25, -0.2) is 5.01 Å². The zero-order chi connectivity index (χ0) is 19.3. The minimum Gasteiger partial charge on any atom is -0.506 e. The Bertz CT molecular complexity index is 1090. The van der Waals surface area contributed by atoms with Gasteiger partial charge in [0.1, 0.15) is 11.5 Å². The van der Waals surface area contributed by atoms with Gasteiger partial charge < -0.3 is 9.84 Å². The van der Waals surface area contributed by atoms with Crippen LogP contribution in [0.5, 0.6) is 11.5 Å². The summed E-state index contributed by atoms with van der Waals surface area (Å²) in [5.74, 6) is 0.728. The number of nitrogens with zero attached hydrogens (tertiary/aromatic N) is 2. The number of hydrogen-bond acceptors (Lipinski definition) is 4. The van der Waals surface area contributed by atoms with Crippen LogP contribution >= 0.6 is 23.2 Å². The van der Waals surface area contributed by atoms with Gasteiger partial charge in [-0.2, -0.15) is 5.10 Å². The zero-order valence-electron chi connectivity index (χ0n) is 14.7. The number of benzene rings is 3. The first-order valence-corrected chi connectivity index (χ1v) is 9.72. The molecule has 2 aliphatic rings. The fourth-order valence-corrected chi connectivity index (χ4v) is 4.33. The van der Waals surface area contributed by atoms with Crippen molar-refractivity contribution in [2.75, 3.05) is 0 Å². The highest BCUT2D eigenvalue weighted by molar-refractivity contribution is 6.35. The van der Waals surface area contributed by atoms with Crippen molar-refractivity contribution < 1.29 is 9.84 Å². The lowest BCUT2D eigenvalue weighted by Crippen LogP contribution is -2.33. The highest BCUT2D eigenvalue weighted by Gasteiger charge is 2.42. The fourth-order valence-electron chi connectivity index (χ4n) is 3.82. The molecule has 3 aromatic rings. The molecule has 3 aromatic carbocycles. The van der Waals surface area contributed by atoms with Crippen LogP contribution in [-0.2, 0) is 0 Å². The van der Waals surface area contributed by atoms with Gasteiger partial charge >= 0.3 is 0 Å². The molecule has 0 bridgehead atoms. The number of ether oxygens (including phenoxy) is 1. The lowest BCUT2D eigenvalue weighted by molar-refractivity contribution is -0.0203. The molecule has 140 valence electrons. The van der Waals surface area contributed by atoms with E-state index >= 15 is 0 Å². The SMILES string of the molecule is Oc1c(Cl)cc(Cl)cc1[C@H]1Oc2ccccc2[C@H]2CC(c3ccccc3)=NN21. The maximum absolute atomic E-state index is 10.6. The van der Waals surface area contributed by atoms with Crippen molar-refractivity contribution in [2.45, 2.75) is 18.7 Å². The van der Waals surface area contributed by atoms with Gasteiger partial charge in [0.25, 0.3) is 0 Å². The van der Waals surface area contributed by atoms with Crippen molar-refractivity contribution in [3.8, 4) is 11.5 Å². The molecule has 6 heteroatoms. The van der Waals surface area contributed by atoms with Crippen LogP contribution in [0, 0.1) is 0 Å². The summed E-state index contributed by atoms with van der Waals surface area (Å²) in [6, 6.07) is 21.2. The number of para-hydroxylation sites is 1. The van der Waals surface area contributed by atoms with Gasteiger partial charge in [-0.15, -0.1) is 0 Å². The van der Waals surface area contributed by atoms with Gasteiger partial charge in [-0.3, -0.25) is 0 Å². The summed E-state index contributed by atoms with van der Waals surface area (Å²) in [5.41, 5.74) is 3.61. The van der Waals surface area contributed by atoms with Crippen molar-refractivity contribution in [3.05, 3.63) is 93.5 Å². The van der Waals surface area contributed by atoms with Crippen LogP contribution < -0.4 is 4.74 Å². The third kappa shape index (κ3) is 2.81. The zero-order valence-corrected chi connectivity index (χ0v) is 16.2. The molecule has 0 saturated heterocycles. The number of phenolic OH excluding ortho intramolecular Hbond substituents is 1. The molecule has 0 aromatic heterocycles. The molecule has 4 nitrogen and oxygen atoms in total. The summed E-state index contributed by atoms with van der Waals surface area (Å²) in [6.07, 6.45) is 0.118. The van der Waals surface area contributed by atoms with E-state index < -0.39 is 6.23 Å². The maximum Gasteiger partial charge on any atom is 0.217 e. The average Bonchev–Trinajstić information content (AvgIpc) is 3.16. The van der Waals surface area contributed by atoms with E-state index in [2.05, 4.69) is 6.07 Å². The van der Waals surface area contributed by atoms with E-state index in [1.165, 1.54) is 6.07 Å². The van der Waals surface area contributed by atoms with Crippen LogP contribution in [0.2, 0.25) is 10.0 Å². The summed E-state index contributed by atoms with van der Waals surface area (Å²) >= 11 is 12.4. The van der Waals surface area contributed by atoms with E-state index in [1.54, 1.807) is 6.07 Å². The molecule has 2 aliphatic heterocycles. The summed E-state index contributed by atoms with van der Waals surface area (Å²) in [5, 5.41) is 18.0. The number of hydrazone groups is 1. The highest BCUT2D eigenvalue weighted by Crippen LogP contribution is 2.49. The predicted octanol–water partition coefficient (Wildman–Crippen LogP) is 5.94. The first-order valence-electron chi connectivity index (χ1n) is 8.96. The van der Waals surface area contributed by atoms with Gasteiger partial charge in [0.2, 0.25) is 6.23 Å². The third-order valence-electron chi connectivity index (χ3n) is 5.13. The van der Waals surface area contributed by atoms with E-state index in [9.17, 15) is 5.11 Å². The Kier molecular flexibility index (Phi) is 4.18. The van der Waals surface area contributed by atoms with Crippen molar-refractivity contribution in [1.82, 2.24) is 5.01 Å². The Hall–Kier alpha value is -2.69. The number of aromatic hydroxyl groups is 1. The van der Waals surface area contributed by atoms with Crippen LogP contribution in [0.3, 0.4) is 0 Å². The summed E-state index contributed by atoms with van der Waals surface area (Å²) < 4.78 is 6.25. The molecule has 28 heavy (non-hydrogen) atoms. The second kappa shape index (κ2) is 6.73. The molecule has 0 spiro atoms. The van der Waals surface area contributed by atoms with Gasteiger partial charge in [-0.05, 0) is 23.8 Å². The largest absolute Gasteiger partial charge is 0.506 e. The Morgan fingerprint density at radius 3 is 2.54 bits per heavy atom. The first-order chi connectivity index (χ1) is 13.6. The van der Waals surface area contributed by atoms with E-state index in [0.29, 0.717) is 10.6 Å². The molecular formula is C22H16Cl2N2O2. The monoisotopic (exact) mass is 410 g/mol. The smallest absolute Gasteiger partial charge is 0.217 e. The molecule has 0 fully saturated rings. The molecule has 0 saturated carbocycles. The Morgan fingerprint density at radius 2 is 1.71 bits per heavy atom. The van der Waals surface area contributed by atoms with Crippen LogP contribution in [0.4, 0.5) is 0 Å². The Balaban J connectivity index is 1.65. The van der Waals surface area contributed by atoms with Crippen LogP contribution in [0.25, 0.3) is 0 Å². The second-order valence-corrected chi connectivity index (χ2v) is 7.69. The van der Waals surface area contributed by atoms with Crippen molar-refractivity contribution in [1.29, 1.82) is 0 Å². The average molecular weight is 411 g/mol. The summed E-state index contributed by atoms with van der Waals surface area (Å²) in [6.45, 7) is 0. The molecule has 2 heterocycles. The third-order valence-corrected chi connectivity index (χ3v) is 5.64. The number of fused-ring (bicyclic) bond motifs is 3. The fraction of sp³-hybridized carbons (Fsp3) is 0.136. The molecule has 2 atom stereocenters. The molecule has 0 unspecified atom stereocenters. The lowest BCUT2D eigenvalue weighted by atomic mass is 9.96. The number of halogens is 2. The molecular weight excluding hydrogens is 395 g/mol. The van der Waals surface area contributed by atoms with Gasteiger partial charge in [0.15, 0.2) is 0 Å². The van der Waals surface area contributed by atoms with Crippen LogP contribution in [0.1, 0.15) is 35.4 Å². The van der Waals surface area contributed by atoms with Gasteiger partial charge in [0, 0.05) is 17.0 Å². The Labute approximate surface area is 172 Å². The minimum atomic E-state index is -0.627. The normalized spacial score (nSPS) is 20.2. The van der Waals surface area contributed by atoms with Crippen molar-refractivity contribution in [2.24, 2.45) is 5.10 Å². The van der Waals surface area contributed by atoms with Crippen molar-refractivity contribution in [3.63, 3.8) is 0 Å². The first kappa shape index (κ1) is 17.4. The van der Waals surface area contributed by atoms with Crippen molar-refractivity contribution >= 4 is 28.9 Å². The van der Waals surface area contributed by atoms with Gasteiger partial charge in [-0.1, -0.05) is 71.7 Å². The molecule has 0 amide bonds. The van der Waals surface area contributed by atoms with Crippen LogP contribution in [0.15, 0.2) is 71.8 Å². The summed E-state index contributed by atoms with van der Waals surface area (Å²) in [4.78, 5) is 0. The lowest BCUT2D eigenvalue weighted by Gasteiger charge is -2.38. The minimum absolute atomic E-state index is 0.00214. The molecule has 0 radical (unpaired) electrons. The van der Waals surface area contributed by atoms with Crippen LogP contribution in [-0.4, -0.2) is 15.8 Å². The van der Waals surface area contributed by atoms with E-state index in [0.717, 1.165) is 29.0 Å². The van der Waals surface area contributed by atoms with E-state index in [-0.39, 0.29) is 16.8 Å². The second-order valence-electron chi connectivity index (χ2n) is 6.85. The standard InChI is InChI=1S/C22H16Cl2N2O2/c23-14-10-16(21(27)17(24)11-14)22-26-19(15-8-4-5-9-20(15)28-22)12-18(25-26)13-6-2-1-3-7-13/h1-11,19,22,27H,12H2/t19-,22-/m1/s1. The maximum atomic E-state index is 10.6. The molecule has 5 rings (SSSR count). The predicted molar refractivity (Wildman–Crippen MR) is 110 cm³/mol. The van der Waals surface area contributed by atoms with Gasteiger partial charge in [0.05, 0.1) is 22.3 Å². The highest BCUT2D eigenvalue weighted by atomic mass is 35.5. The summed E-state index contributed by atoms with van der Waals surface area (Å²) in [7, 11) is 0. The number of rotatable bonds is 2. The number of phenols is 1. The molecule has 1 N–H and O–H groups in total. The van der Waals surface area contributed by atoms with E-state index in [4.69, 9.17) is 33.0 Å². The quantitative estimate of drug-likeness (QED) is 0.568. The topological polar surface area (TPSA) is 45.1 Å². The Morgan fingerprint density at radius 1 is 0.964 bits per heavy atom. The number of hydrogen-bond donors (Lipinski definition) is 1. The molecule has 0 aliphatic carbocycles. The van der Waals surface area contributed by atoms with E-state index in [1.807, 2.05) is 53.5 Å².